The Balaban J connectivity index is 1.11. The molecular formula is C55H35N5. The van der Waals surface area contributed by atoms with Crippen LogP contribution < -0.4 is 0 Å². The van der Waals surface area contributed by atoms with Crippen molar-refractivity contribution in [3.05, 3.63) is 212 Å². The third kappa shape index (κ3) is 5.52. The maximum atomic E-state index is 5.35. The Morgan fingerprint density at radius 1 is 0.333 bits per heavy atom. The zero-order valence-electron chi connectivity index (χ0n) is 32.4. The van der Waals surface area contributed by atoms with E-state index in [4.69, 9.17) is 15.0 Å². The van der Waals surface area contributed by atoms with Gasteiger partial charge in [-0.05, 0) is 60.2 Å². The quantitative estimate of drug-likeness (QED) is 0.169. The molecule has 4 heterocycles. The second-order valence-corrected chi connectivity index (χ2v) is 15.3. The molecule has 0 saturated heterocycles. The number of benzene rings is 8. The van der Waals surface area contributed by atoms with Gasteiger partial charge in [0.2, 0.25) is 0 Å². The number of hydrogen-bond donors (Lipinski definition) is 0. The van der Waals surface area contributed by atoms with Crippen LogP contribution in [0.5, 0.6) is 0 Å². The fourth-order valence-electron chi connectivity index (χ4n) is 9.02. The van der Waals surface area contributed by atoms with Gasteiger partial charge in [-0.1, -0.05) is 152 Å². The Morgan fingerprint density at radius 2 is 0.817 bits per heavy atom. The number of pyridine rings is 1. The third-order valence-corrected chi connectivity index (χ3v) is 11.8. The summed E-state index contributed by atoms with van der Waals surface area (Å²) in [4.78, 5) is 15.3. The Labute approximate surface area is 346 Å². The molecule has 0 atom stereocenters. The van der Waals surface area contributed by atoms with Gasteiger partial charge in [0.25, 0.3) is 0 Å². The van der Waals surface area contributed by atoms with E-state index in [0.717, 1.165) is 83.5 Å². The van der Waals surface area contributed by atoms with Crippen LogP contribution in [-0.4, -0.2) is 24.1 Å². The van der Waals surface area contributed by atoms with Crippen molar-refractivity contribution in [3.8, 4) is 56.4 Å². The van der Waals surface area contributed by atoms with Crippen LogP contribution in [0.2, 0.25) is 0 Å². The number of para-hydroxylation sites is 5. The standard InChI is InChI=1S/C55H35N5/c1-2-14-39(15-3-1)55-57-48(37-29-27-36(28-30-37)43-22-12-16-38-17-13-31-56-54(38)43)35-49(58-55)40-32-41(59-50-23-8-4-18-44(50)45-19-5-9-24-51(45)59)34-42(33-40)60-52-25-10-6-20-46(52)47-21-7-11-26-53(47)60/h1-35H. The van der Waals surface area contributed by atoms with Crippen LogP contribution in [-0.2, 0) is 0 Å². The van der Waals surface area contributed by atoms with Crippen molar-refractivity contribution in [3.63, 3.8) is 0 Å². The summed E-state index contributed by atoms with van der Waals surface area (Å²) >= 11 is 0. The summed E-state index contributed by atoms with van der Waals surface area (Å²) < 4.78 is 4.79. The molecule has 0 radical (unpaired) electrons. The molecule has 0 saturated carbocycles. The average Bonchev–Trinajstić information content (AvgIpc) is 3.85. The van der Waals surface area contributed by atoms with E-state index in [9.17, 15) is 0 Å². The van der Waals surface area contributed by atoms with Crippen molar-refractivity contribution >= 4 is 54.5 Å². The first-order chi connectivity index (χ1) is 29.7. The zero-order valence-corrected chi connectivity index (χ0v) is 32.4. The molecule has 0 amide bonds. The van der Waals surface area contributed by atoms with Gasteiger partial charge >= 0.3 is 0 Å². The van der Waals surface area contributed by atoms with Crippen molar-refractivity contribution in [2.24, 2.45) is 0 Å². The first-order valence-corrected chi connectivity index (χ1v) is 20.3. The van der Waals surface area contributed by atoms with E-state index in [1.165, 1.54) is 21.5 Å². The summed E-state index contributed by atoms with van der Waals surface area (Å²) in [5.74, 6) is 0.672. The molecule has 0 aliphatic heterocycles. The molecule has 0 aliphatic rings. The minimum atomic E-state index is 0.672. The van der Waals surface area contributed by atoms with Crippen LogP contribution in [0, 0.1) is 0 Å². The fourth-order valence-corrected chi connectivity index (χ4v) is 9.02. The number of aromatic nitrogens is 5. The van der Waals surface area contributed by atoms with Crippen molar-refractivity contribution in [2.75, 3.05) is 0 Å². The number of nitrogens with zero attached hydrogens (tertiary/aromatic N) is 5. The molecule has 0 N–H and O–H groups in total. The molecule has 0 bridgehead atoms. The Morgan fingerprint density at radius 3 is 1.38 bits per heavy atom. The van der Waals surface area contributed by atoms with Gasteiger partial charge in [-0.2, -0.15) is 0 Å². The third-order valence-electron chi connectivity index (χ3n) is 11.8. The van der Waals surface area contributed by atoms with Gasteiger partial charge in [-0.3, -0.25) is 4.98 Å². The summed E-state index contributed by atoms with van der Waals surface area (Å²) in [6.45, 7) is 0. The topological polar surface area (TPSA) is 48.5 Å². The SMILES string of the molecule is c1ccc(-c2nc(-c3ccc(-c4cccc5cccnc45)cc3)cc(-c3cc(-n4c5ccccc5c5ccccc54)cc(-n4c5ccccc5c5ccccc54)c3)n2)cc1. The molecule has 12 aromatic rings. The van der Waals surface area contributed by atoms with Crippen LogP contribution in [0.1, 0.15) is 0 Å². The lowest BCUT2D eigenvalue weighted by Crippen LogP contribution is -2.01. The zero-order chi connectivity index (χ0) is 39.6. The lowest BCUT2D eigenvalue weighted by Gasteiger charge is -2.16. The maximum Gasteiger partial charge on any atom is 0.160 e. The summed E-state index contributed by atoms with van der Waals surface area (Å²) in [6, 6.07) is 73.2. The van der Waals surface area contributed by atoms with Gasteiger partial charge in [0.15, 0.2) is 5.82 Å². The molecule has 12 rings (SSSR count). The summed E-state index contributed by atoms with van der Waals surface area (Å²) in [5, 5.41) is 5.99. The molecule has 60 heavy (non-hydrogen) atoms. The highest BCUT2D eigenvalue weighted by atomic mass is 15.0. The van der Waals surface area contributed by atoms with E-state index in [1.807, 2.05) is 30.5 Å². The van der Waals surface area contributed by atoms with Crippen LogP contribution in [0.4, 0.5) is 0 Å². The monoisotopic (exact) mass is 765 g/mol. The Hall–Kier alpha value is -8.15. The molecular weight excluding hydrogens is 731 g/mol. The molecule has 280 valence electrons. The normalized spacial score (nSPS) is 11.7. The minimum absolute atomic E-state index is 0.672. The van der Waals surface area contributed by atoms with Gasteiger partial charge in [0.1, 0.15) is 0 Å². The molecule has 0 unspecified atom stereocenters. The van der Waals surface area contributed by atoms with Crippen molar-refractivity contribution in [2.45, 2.75) is 0 Å². The smallest absolute Gasteiger partial charge is 0.160 e. The molecule has 0 fully saturated rings. The van der Waals surface area contributed by atoms with Gasteiger partial charge < -0.3 is 9.13 Å². The van der Waals surface area contributed by atoms with Gasteiger partial charge in [0, 0.05) is 66.8 Å². The molecule has 8 aromatic carbocycles. The first kappa shape index (κ1) is 33.9. The van der Waals surface area contributed by atoms with Crippen molar-refractivity contribution in [1.82, 2.24) is 24.1 Å². The van der Waals surface area contributed by atoms with Crippen LogP contribution in [0.3, 0.4) is 0 Å². The predicted molar refractivity (Wildman–Crippen MR) is 248 cm³/mol. The van der Waals surface area contributed by atoms with E-state index in [0.29, 0.717) is 5.82 Å². The average molecular weight is 766 g/mol. The summed E-state index contributed by atoms with van der Waals surface area (Å²) in [6.07, 6.45) is 1.86. The molecule has 4 aromatic heterocycles. The van der Waals surface area contributed by atoms with E-state index in [1.54, 1.807) is 0 Å². The summed E-state index contributed by atoms with van der Waals surface area (Å²) in [5.41, 5.74) is 14.6. The maximum absolute atomic E-state index is 5.35. The van der Waals surface area contributed by atoms with Gasteiger partial charge in [-0.25, -0.2) is 9.97 Å². The first-order valence-electron chi connectivity index (χ1n) is 20.3. The molecule has 0 spiro atoms. The largest absolute Gasteiger partial charge is 0.309 e. The molecule has 5 heteroatoms. The number of rotatable bonds is 6. The van der Waals surface area contributed by atoms with E-state index in [-0.39, 0.29) is 0 Å². The lowest BCUT2D eigenvalue weighted by atomic mass is 9.99. The van der Waals surface area contributed by atoms with Crippen molar-refractivity contribution in [1.29, 1.82) is 0 Å². The van der Waals surface area contributed by atoms with Crippen LogP contribution in [0.15, 0.2) is 212 Å². The number of fused-ring (bicyclic) bond motifs is 7. The highest BCUT2D eigenvalue weighted by Gasteiger charge is 2.19. The van der Waals surface area contributed by atoms with Gasteiger partial charge in [-0.15, -0.1) is 0 Å². The predicted octanol–water partition coefficient (Wildman–Crippen LogP) is 13.9. The number of hydrogen-bond acceptors (Lipinski definition) is 3. The highest BCUT2D eigenvalue weighted by Crippen LogP contribution is 2.39. The Bertz CT molecular complexity index is 3350. The second-order valence-electron chi connectivity index (χ2n) is 15.3. The second kappa shape index (κ2) is 13.8. The summed E-state index contributed by atoms with van der Waals surface area (Å²) in [7, 11) is 0. The van der Waals surface area contributed by atoms with Crippen molar-refractivity contribution < 1.29 is 0 Å². The van der Waals surface area contributed by atoms with Crippen LogP contribution in [0.25, 0.3) is 111 Å². The molecule has 5 nitrogen and oxygen atoms in total. The van der Waals surface area contributed by atoms with E-state index >= 15 is 0 Å². The fraction of sp³-hybridized carbons (Fsp3) is 0. The van der Waals surface area contributed by atoms with E-state index in [2.05, 4.69) is 191 Å². The Kier molecular flexibility index (Phi) is 7.78. The van der Waals surface area contributed by atoms with Gasteiger partial charge in [0.05, 0.1) is 39.0 Å². The van der Waals surface area contributed by atoms with E-state index < -0.39 is 0 Å². The van der Waals surface area contributed by atoms with Crippen LogP contribution >= 0.6 is 0 Å². The molecule has 0 aliphatic carbocycles. The minimum Gasteiger partial charge on any atom is -0.309 e. The lowest BCUT2D eigenvalue weighted by molar-refractivity contribution is 1.13. The highest BCUT2D eigenvalue weighted by molar-refractivity contribution is 6.10.